The minimum atomic E-state index is -0.451. The predicted molar refractivity (Wildman–Crippen MR) is 72.5 cm³/mol. The smallest absolute Gasteiger partial charge is 0.0519 e. The highest BCUT2D eigenvalue weighted by Gasteiger charge is 2.23. The minimum Gasteiger partial charge on any atom is -0.396 e. The molecular weight excluding hydrogens is 234 g/mol. The third-order valence-corrected chi connectivity index (χ3v) is 4.13. The molecule has 4 heteroatoms. The van der Waals surface area contributed by atoms with Gasteiger partial charge in [0.1, 0.15) is 0 Å². The van der Waals surface area contributed by atoms with Crippen LogP contribution in [-0.4, -0.2) is 30.0 Å². The van der Waals surface area contributed by atoms with Gasteiger partial charge in [-0.25, -0.2) is 0 Å². The summed E-state index contributed by atoms with van der Waals surface area (Å²) < 4.78 is 0. The lowest BCUT2D eigenvalue weighted by atomic mass is 9.92. The summed E-state index contributed by atoms with van der Waals surface area (Å²) in [4.78, 5) is 2.65. The standard InChI is InChI=1S/C13H23NO2S/c1-9-5-12(11(3)17-9)10(2)14-6-13(4,7-15)8-16/h5,10,14-16H,6-8H2,1-4H3. The Kier molecular flexibility index (Phi) is 5.13. The van der Waals surface area contributed by atoms with Crippen LogP contribution in [0.3, 0.4) is 0 Å². The maximum Gasteiger partial charge on any atom is 0.0519 e. The summed E-state index contributed by atoms with van der Waals surface area (Å²) in [6.07, 6.45) is 0. The third-order valence-electron chi connectivity index (χ3n) is 3.14. The van der Waals surface area contributed by atoms with Crippen molar-refractivity contribution >= 4 is 11.3 Å². The van der Waals surface area contributed by atoms with E-state index in [9.17, 15) is 10.2 Å². The second-order valence-electron chi connectivity index (χ2n) is 5.10. The lowest BCUT2D eigenvalue weighted by Gasteiger charge is -2.27. The van der Waals surface area contributed by atoms with E-state index in [0.717, 1.165) is 0 Å². The van der Waals surface area contributed by atoms with Crippen LogP contribution in [0.15, 0.2) is 6.07 Å². The van der Waals surface area contributed by atoms with E-state index in [1.807, 2.05) is 6.92 Å². The van der Waals surface area contributed by atoms with Crippen LogP contribution in [0.5, 0.6) is 0 Å². The second-order valence-corrected chi connectivity index (χ2v) is 6.56. The van der Waals surface area contributed by atoms with Crippen molar-refractivity contribution < 1.29 is 10.2 Å². The summed E-state index contributed by atoms with van der Waals surface area (Å²) in [6.45, 7) is 8.81. The summed E-state index contributed by atoms with van der Waals surface area (Å²) in [7, 11) is 0. The topological polar surface area (TPSA) is 52.5 Å². The Labute approximate surface area is 107 Å². The fraction of sp³-hybridized carbons (Fsp3) is 0.692. The highest BCUT2D eigenvalue weighted by molar-refractivity contribution is 7.12. The molecule has 1 heterocycles. The number of hydrogen-bond donors (Lipinski definition) is 3. The van der Waals surface area contributed by atoms with Crippen molar-refractivity contribution in [1.29, 1.82) is 0 Å². The predicted octanol–water partition coefficient (Wildman–Crippen LogP) is 2.01. The van der Waals surface area contributed by atoms with Crippen LogP contribution in [-0.2, 0) is 0 Å². The summed E-state index contributed by atoms with van der Waals surface area (Å²) in [5, 5.41) is 21.8. The van der Waals surface area contributed by atoms with Crippen molar-refractivity contribution in [3.63, 3.8) is 0 Å². The van der Waals surface area contributed by atoms with Gasteiger partial charge < -0.3 is 15.5 Å². The molecule has 1 atom stereocenters. The van der Waals surface area contributed by atoms with Crippen LogP contribution in [0.1, 0.15) is 35.2 Å². The van der Waals surface area contributed by atoms with Crippen molar-refractivity contribution in [2.75, 3.05) is 19.8 Å². The van der Waals surface area contributed by atoms with Crippen LogP contribution < -0.4 is 5.32 Å². The minimum absolute atomic E-state index is 0.00906. The summed E-state index contributed by atoms with van der Waals surface area (Å²) in [5.74, 6) is 0. The van der Waals surface area contributed by atoms with Gasteiger partial charge in [0.05, 0.1) is 13.2 Å². The molecule has 1 unspecified atom stereocenters. The van der Waals surface area contributed by atoms with Gasteiger partial charge in [-0.3, -0.25) is 0 Å². The molecular formula is C13H23NO2S. The van der Waals surface area contributed by atoms with Crippen LogP contribution in [0.4, 0.5) is 0 Å². The van der Waals surface area contributed by atoms with Gasteiger partial charge in [0, 0.05) is 27.8 Å². The summed E-state index contributed by atoms with van der Waals surface area (Å²) in [5.41, 5.74) is 0.860. The molecule has 3 N–H and O–H groups in total. The van der Waals surface area contributed by atoms with E-state index < -0.39 is 5.41 Å². The molecule has 0 fully saturated rings. The molecule has 0 radical (unpaired) electrons. The highest BCUT2D eigenvalue weighted by Crippen LogP contribution is 2.26. The van der Waals surface area contributed by atoms with E-state index in [4.69, 9.17) is 0 Å². The van der Waals surface area contributed by atoms with Gasteiger partial charge in [0.25, 0.3) is 0 Å². The average Bonchev–Trinajstić information content (AvgIpc) is 2.65. The van der Waals surface area contributed by atoms with E-state index in [2.05, 4.69) is 32.2 Å². The van der Waals surface area contributed by atoms with Gasteiger partial charge in [0.2, 0.25) is 0 Å². The van der Waals surface area contributed by atoms with E-state index >= 15 is 0 Å². The van der Waals surface area contributed by atoms with Gasteiger partial charge in [0.15, 0.2) is 0 Å². The first kappa shape index (κ1) is 14.6. The van der Waals surface area contributed by atoms with Crippen LogP contribution in [0.25, 0.3) is 0 Å². The van der Waals surface area contributed by atoms with E-state index in [1.54, 1.807) is 11.3 Å². The van der Waals surface area contributed by atoms with Crippen molar-refractivity contribution in [2.24, 2.45) is 5.41 Å². The Hall–Kier alpha value is -0.420. The fourth-order valence-corrected chi connectivity index (χ4v) is 2.77. The molecule has 0 aromatic carbocycles. The van der Waals surface area contributed by atoms with Gasteiger partial charge in [-0.05, 0) is 32.4 Å². The van der Waals surface area contributed by atoms with Gasteiger partial charge in [-0.1, -0.05) is 6.92 Å². The number of hydrogen-bond acceptors (Lipinski definition) is 4. The first-order chi connectivity index (χ1) is 7.91. The number of nitrogens with one attached hydrogen (secondary N) is 1. The molecule has 0 aliphatic rings. The monoisotopic (exact) mass is 257 g/mol. The normalized spacial score (nSPS) is 14.0. The number of aliphatic hydroxyl groups is 2. The van der Waals surface area contributed by atoms with E-state index in [0.29, 0.717) is 6.54 Å². The zero-order valence-corrected chi connectivity index (χ0v) is 11.9. The molecule has 0 amide bonds. The number of thiophene rings is 1. The Morgan fingerprint density at radius 1 is 1.35 bits per heavy atom. The largest absolute Gasteiger partial charge is 0.396 e. The van der Waals surface area contributed by atoms with Gasteiger partial charge >= 0.3 is 0 Å². The first-order valence-electron chi connectivity index (χ1n) is 5.94. The van der Waals surface area contributed by atoms with E-state index in [1.165, 1.54) is 15.3 Å². The highest BCUT2D eigenvalue weighted by atomic mass is 32.1. The van der Waals surface area contributed by atoms with Crippen LogP contribution >= 0.6 is 11.3 Å². The van der Waals surface area contributed by atoms with Crippen molar-refractivity contribution in [1.82, 2.24) is 5.32 Å². The quantitative estimate of drug-likeness (QED) is 0.730. The first-order valence-corrected chi connectivity index (χ1v) is 6.75. The molecule has 0 saturated heterocycles. The maximum atomic E-state index is 9.23. The molecule has 17 heavy (non-hydrogen) atoms. The summed E-state index contributed by atoms with van der Waals surface area (Å²) >= 11 is 1.80. The lowest BCUT2D eigenvalue weighted by Crippen LogP contribution is -2.38. The number of rotatable bonds is 6. The molecule has 0 spiro atoms. The van der Waals surface area contributed by atoms with E-state index in [-0.39, 0.29) is 19.3 Å². The Morgan fingerprint density at radius 3 is 2.35 bits per heavy atom. The Bertz CT molecular complexity index is 358. The molecule has 1 aromatic heterocycles. The molecule has 0 saturated carbocycles. The fourth-order valence-electron chi connectivity index (χ4n) is 1.75. The average molecular weight is 257 g/mol. The summed E-state index contributed by atoms with van der Waals surface area (Å²) in [6, 6.07) is 2.45. The van der Waals surface area contributed by atoms with Crippen molar-refractivity contribution in [3.8, 4) is 0 Å². The van der Waals surface area contributed by atoms with Gasteiger partial charge in [-0.15, -0.1) is 11.3 Å². The Balaban J connectivity index is 2.61. The number of aliphatic hydroxyl groups excluding tert-OH is 2. The van der Waals surface area contributed by atoms with Crippen molar-refractivity contribution in [3.05, 3.63) is 21.4 Å². The molecule has 3 nitrogen and oxygen atoms in total. The lowest BCUT2D eigenvalue weighted by molar-refractivity contribution is 0.0677. The van der Waals surface area contributed by atoms with Gasteiger partial charge in [-0.2, -0.15) is 0 Å². The molecule has 98 valence electrons. The molecule has 0 bridgehead atoms. The molecule has 1 aromatic rings. The zero-order chi connectivity index (χ0) is 13.1. The number of aryl methyl sites for hydroxylation is 2. The molecule has 1 rings (SSSR count). The van der Waals surface area contributed by atoms with Crippen LogP contribution in [0.2, 0.25) is 0 Å². The molecule has 0 aliphatic heterocycles. The molecule has 0 aliphatic carbocycles. The zero-order valence-electron chi connectivity index (χ0n) is 11.1. The maximum absolute atomic E-state index is 9.23. The SMILES string of the molecule is Cc1cc(C(C)NCC(C)(CO)CO)c(C)s1. The second kappa shape index (κ2) is 5.96. The van der Waals surface area contributed by atoms with Crippen LogP contribution in [0, 0.1) is 19.3 Å². The Morgan fingerprint density at radius 2 is 1.94 bits per heavy atom. The van der Waals surface area contributed by atoms with Crippen molar-refractivity contribution in [2.45, 2.75) is 33.7 Å². The third kappa shape index (κ3) is 3.78.